The number of hydrogen-bond donors (Lipinski definition) is 1. The van der Waals surface area contributed by atoms with E-state index in [1.807, 2.05) is 0 Å². The van der Waals surface area contributed by atoms with Crippen molar-refractivity contribution < 1.29 is 0 Å². The van der Waals surface area contributed by atoms with Crippen LogP contribution in [0, 0.1) is 0 Å². The summed E-state index contributed by atoms with van der Waals surface area (Å²) in [6, 6.07) is 0. The molecule has 1 aliphatic rings. The summed E-state index contributed by atoms with van der Waals surface area (Å²) < 4.78 is 0. The van der Waals surface area contributed by atoms with Gasteiger partial charge in [0.1, 0.15) is 0 Å². The molecule has 1 heterocycles. The molecular weight excluding hydrogens is 232 g/mol. The molecule has 2 nitrogen and oxygen atoms in total. The first-order chi connectivity index (χ1) is 9.14. The molecule has 1 N–H and O–H groups in total. The average Bonchev–Trinajstić information content (AvgIpc) is 2.53. The Morgan fingerprint density at radius 2 is 1.58 bits per heavy atom. The van der Waals surface area contributed by atoms with Crippen LogP contribution in [-0.4, -0.2) is 36.6 Å². The Balaban J connectivity index is 1.99. The van der Waals surface area contributed by atoms with Gasteiger partial charge in [-0.1, -0.05) is 51.9 Å². The second-order valence-electron chi connectivity index (χ2n) is 6.92. The van der Waals surface area contributed by atoms with Crippen molar-refractivity contribution in [1.29, 1.82) is 0 Å². The fourth-order valence-corrected chi connectivity index (χ4v) is 3.08. The van der Waals surface area contributed by atoms with Gasteiger partial charge in [0.15, 0.2) is 0 Å². The van der Waals surface area contributed by atoms with Gasteiger partial charge < -0.3 is 10.2 Å². The number of hydrogen-bond acceptors (Lipinski definition) is 2. The van der Waals surface area contributed by atoms with E-state index in [0.29, 0.717) is 5.54 Å². The fourth-order valence-electron chi connectivity index (χ4n) is 3.08. The summed E-state index contributed by atoms with van der Waals surface area (Å²) in [5.74, 6) is 0. The van der Waals surface area contributed by atoms with Gasteiger partial charge in [-0.25, -0.2) is 0 Å². The van der Waals surface area contributed by atoms with Crippen LogP contribution in [0.3, 0.4) is 0 Å². The minimum absolute atomic E-state index is 0.302. The Morgan fingerprint density at radius 3 is 2.26 bits per heavy atom. The van der Waals surface area contributed by atoms with Crippen LogP contribution in [0.4, 0.5) is 0 Å². The third-order valence-corrected chi connectivity index (χ3v) is 4.20. The molecule has 0 atom stereocenters. The van der Waals surface area contributed by atoms with E-state index in [9.17, 15) is 0 Å². The molecule has 0 aromatic heterocycles. The standard InChI is InChI=1S/C17H36N2/c1-4-5-6-7-8-9-10-11-14-19-15-12-13-18-17(2,3)16-19/h18H,4-16H2,1-3H3. The maximum Gasteiger partial charge on any atom is 0.0252 e. The Kier molecular flexibility index (Phi) is 8.72. The molecule has 1 rings (SSSR count). The van der Waals surface area contributed by atoms with Crippen molar-refractivity contribution in [2.24, 2.45) is 0 Å². The summed E-state index contributed by atoms with van der Waals surface area (Å²) in [4.78, 5) is 2.66. The van der Waals surface area contributed by atoms with Gasteiger partial charge in [0.25, 0.3) is 0 Å². The SMILES string of the molecule is CCCCCCCCCCN1CCCNC(C)(C)C1. The summed E-state index contributed by atoms with van der Waals surface area (Å²) in [6.07, 6.45) is 12.7. The van der Waals surface area contributed by atoms with Gasteiger partial charge in [0.2, 0.25) is 0 Å². The quantitative estimate of drug-likeness (QED) is 0.630. The van der Waals surface area contributed by atoms with Crippen molar-refractivity contribution in [3.05, 3.63) is 0 Å². The molecule has 0 aliphatic carbocycles. The summed E-state index contributed by atoms with van der Waals surface area (Å²) in [6.45, 7) is 11.9. The molecule has 0 aromatic carbocycles. The monoisotopic (exact) mass is 268 g/mol. The molecule has 0 amide bonds. The molecule has 2 heteroatoms. The molecule has 0 unspecified atom stereocenters. The van der Waals surface area contributed by atoms with Crippen molar-refractivity contribution in [3.63, 3.8) is 0 Å². The average molecular weight is 268 g/mol. The number of rotatable bonds is 9. The third-order valence-electron chi connectivity index (χ3n) is 4.20. The van der Waals surface area contributed by atoms with E-state index in [0.717, 1.165) is 0 Å². The molecule has 0 radical (unpaired) electrons. The van der Waals surface area contributed by atoms with Gasteiger partial charge in [-0.05, 0) is 46.3 Å². The zero-order chi connectivity index (χ0) is 14.0. The van der Waals surface area contributed by atoms with Crippen molar-refractivity contribution in [2.45, 2.75) is 84.1 Å². The topological polar surface area (TPSA) is 15.3 Å². The number of unbranched alkanes of at least 4 members (excludes halogenated alkanes) is 7. The van der Waals surface area contributed by atoms with E-state index in [4.69, 9.17) is 0 Å². The van der Waals surface area contributed by atoms with Crippen LogP contribution in [0.2, 0.25) is 0 Å². The lowest BCUT2D eigenvalue weighted by atomic mass is 10.1. The largest absolute Gasteiger partial charge is 0.310 e. The Labute approximate surface area is 121 Å². The van der Waals surface area contributed by atoms with Crippen LogP contribution in [0.25, 0.3) is 0 Å². The second kappa shape index (κ2) is 9.77. The molecule has 0 aromatic rings. The highest BCUT2D eigenvalue weighted by atomic mass is 15.2. The van der Waals surface area contributed by atoms with Gasteiger partial charge in [-0.15, -0.1) is 0 Å². The van der Waals surface area contributed by atoms with E-state index in [1.165, 1.54) is 84.0 Å². The van der Waals surface area contributed by atoms with E-state index < -0.39 is 0 Å². The number of nitrogens with one attached hydrogen (secondary N) is 1. The Morgan fingerprint density at radius 1 is 0.947 bits per heavy atom. The van der Waals surface area contributed by atoms with Crippen LogP contribution < -0.4 is 5.32 Å². The van der Waals surface area contributed by atoms with Crippen LogP contribution in [0.5, 0.6) is 0 Å². The van der Waals surface area contributed by atoms with Gasteiger partial charge >= 0.3 is 0 Å². The van der Waals surface area contributed by atoms with E-state index in [-0.39, 0.29) is 0 Å². The van der Waals surface area contributed by atoms with Gasteiger partial charge in [0, 0.05) is 12.1 Å². The fraction of sp³-hybridized carbons (Fsp3) is 1.00. The first-order valence-corrected chi connectivity index (χ1v) is 8.61. The third kappa shape index (κ3) is 8.65. The van der Waals surface area contributed by atoms with E-state index in [1.54, 1.807) is 0 Å². The molecule has 0 spiro atoms. The summed E-state index contributed by atoms with van der Waals surface area (Å²) in [7, 11) is 0. The summed E-state index contributed by atoms with van der Waals surface area (Å²) in [5.41, 5.74) is 0.302. The maximum absolute atomic E-state index is 3.64. The molecule has 1 fully saturated rings. The first kappa shape index (κ1) is 17.0. The molecular formula is C17H36N2. The zero-order valence-electron chi connectivity index (χ0n) is 13.6. The highest BCUT2D eigenvalue weighted by molar-refractivity contribution is 4.84. The molecule has 1 saturated heterocycles. The minimum Gasteiger partial charge on any atom is -0.310 e. The van der Waals surface area contributed by atoms with Crippen LogP contribution >= 0.6 is 0 Å². The van der Waals surface area contributed by atoms with E-state index >= 15 is 0 Å². The Hall–Kier alpha value is -0.0800. The predicted octanol–water partition coefficient (Wildman–Crippen LogP) is 4.20. The van der Waals surface area contributed by atoms with Crippen molar-refractivity contribution in [2.75, 3.05) is 26.2 Å². The lowest BCUT2D eigenvalue weighted by Gasteiger charge is -2.30. The summed E-state index contributed by atoms with van der Waals surface area (Å²) >= 11 is 0. The van der Waals surface area contributed by atoms with Crippen molar-refractivity contribution >= 4 is 0 Å². The molecule has 19 heavy (non-hydrogen) atoms. The smallest absolute Gasteiger partial charge is 0.0252 e. The minimum atomic E-state index is 0.302. The number of nitrogens with zero attached hydrogens (tertiary/aromatic N) is 1. The van der Waals surface area contributed by atoms with Crippen molar-refractivity contribution in [1.82, 2.24) is 10.2 Å². The Bertz CT molecular complexity index is 213. The second-order valence-corrected chi connectivity index (χ2v) is 6.92. The zero-order valence-corrected chi connectivity index (χ0v) is 13.6. The first-order valence-electron chi connectivity index (χ1n) is 8.61. The lowest BCUT2D eigenvalue weighted by molar-refractivity contribution is 0.226. The predicted molar refractivity (Wildman–Crippen MR) is 85.7 cm³/mol. The lowest BCUT2D eigenvalue weighted by Crippen LogP contribution is -2.46. The summed E-state index contributed by atoms with van der Waals surface area (Å²) in [5, 5.41) is 3.64. The van der Waals surface area contributed by atoms with Gasteiger partial charge in [0.05, 0.1) is 0 Å². The van der Waals surface area contributed by atoms with E-state index in [2.05, 4.69) is 31.0 Å². The molecule has 114 valence electrons. The molecule has 0 saturated carbocycles. The molecule has 1 aliphatic heterocycles. The highest BCUT2D eigenvalue weighted by Gasteiger charge is 2.23. The maximum atomic E-state index is 3.64. The van der Waals surface area contributed by atoms with Crippen LogP contribution in [0.15, 0.2) is 0 Å². The van der Waals surface area contributed by atoms with Crippen LogP contribution in [0.1, 0.15) is 78.6 Å². The normalized spacial score (nSPS) is 20.4. The van der Waals surface area contributed by atoms with Crippen molar-refractivity contribution in [3.8, 4) is 0 Å². The van der Waals surface area contributed by atoms with Crippen LogP contribution in [-0.2, 0) is 0 Å². The molecule has 0 bridgehead atoms. The highest BCUT2D eigenvalue weighted by Crippen LogP contribution is 2.13. The van der Waals surface area contributed by atoms with Gasteiger partial charge in [-0.3, -0.25) is 0 Å². The van der Waals surface area contributed by atoms with Gasteiger partial charge in [-0.2, -0.15) is 0 Å².